The molecule has 0 aromatic heterocycles. The summed E-state index contributed by atoms with van der Waals surface area (Å²) in [5.41, 5.74) is 0.461. The van der Waals surface area contributed by atoms with Crippen molar-refractivity contribution in [2.24, 2.45) is 35.0 Å². The molecule has 0 bridgehead atoms. The van der Waals surface area contributed by atoms with Gasteiger partial charge in [0.25, 0.3) is 0 Å². The highest BCUT2D eigenvalue weighted by atomic mass is 16.5. The Kier molecular flexibility index (Phi) is 3.85. The molecule has 0 radical (unpaired) electrons. The van der Waals surface area contributed by atoms with Crippen LogP contribution >= 0.6 is 0 Å². The molecular weight excluding hydrogens is 272 g/mol. The Morgan fingerprint density at radius 2 is 1.86 bits per heavy atom. The van der Waals surface area contributed by atoms with Gasteiger partial charge in [-0.05, 0) is 73.5 Å². The van der Waals surface area contributed by atoms with Gasteiger partial charge in [-0.25, -0.2) is 0 Å². The monoisotopic (exact) mass is 306 g/mol. The Hall–Kier alpha value is -0.0800. The zero-order valence-corrected chi connectivity index (χ0v) is 14.9. The van der Waals surface area contributed by atoms with Gasteiger partial charge in [-0.3, -0.25) is 0 Å². The highest BCUT2D eigenvalue weighted by Gasteiger charge is 2.52. The van der Waals surface area contributed by atoms with Crippen LogP contribution < -0.4 is 0 Å². The van der Waals surface area contributed by atoms with Gasteiger partial charge < -0.3 is 9.47 Å². The van der Waals surface area contributed by atoms with Gasteiger partial charge in [0.1, 0.15) is 0 Å². The normalized spacial score (nSPS) is 47.6. The van der Waals surface area contributed by atoms with Gasteiger partial charge in [-0.15, -0.1) is 0 Å². The molecule has 0 aromatic rings. The fraction of sp³-hybridized carbons (Fsp3) is 1.00. The molecule has 2 aliphatic carbocycles. The van der Waals surface area contributed by atoms with Crippen molar-refractivity contribution >= 4 is 0 Å². The van der Waals surface area contributed by atoms with E-state index in [-0.39, 0.29) is 0 Å². The Balaban J connectivity index is 1.34. The summed E-state index contributed by atoms with van der Waals surface area (Å²) in [6, 6.07) is 0. The lowest BCUT2D eigenvalue weighted by Crippen LogP contribution is -2.42. The minimum Gasteiger partial charge on any atom is -0.378 e. The zero-order chi connectivity index (χ0) is 15.5. The summed E-state index contributed by atoms with van der Waals surface area (Å²) in [4.78, 5) is 0. The standard InChI is InChI=1S/C20H34O2/c1-12(2)17-9-14-7-15(19(14)22-17)11-20(3,4)16-8-13-5-6-21-18(13)10-16/h12-19H,5-11H2,1-4H3. The first-order chi connectivity index (χ1) is 10.4. The molecule has 4 aliphatic rings. The molecule has 22 heavy (non-hydrogen) atoms. The molecule has 0 spiro atoms. The van der Waals surface area contributed by atoms with E-state index in [0.717, 1.165) is 30.3 Å². The fourth-order valence-corrected chi connectivity index (χ4v) is 5.93. The predicted molar refractivity (Wildman–Crippen MR) is 88.7 cm³/mol. The molecular formula is C20H34O2. The van der Waals surface area contributed by atoms with Crippen molar-refractivity contribution in [3.8, 4) is 0 Å². The average Bonchev–Trinajstić information content (AvgIpc) is 3.07. The SMILES string of the molecule is CC(C)C1CC2CC(CC(C)(C)C3CC4CCOC4C3)C2O1. The first-order valence-electron chi connectivity index (χ1n) is 9.71. The number of hydrogen-bond donors (Lipinski definition) is 0. The highest BCUT2D eigenvalue weighted by molar-refractivity contribution is 5.01. The van der Waals surface area contributed by atoms with Crippen molar-refractivity contribution in [1.29, 1.82) is 0 Å². The Morgan fingerprint density at radius 3 is 2.59 bits per heavy atom. The maximum atomic E-state index is 6.39. The van der Waals surface area contributed by atoms with Gasteiger partial charge >= 0.3 is 0 Å². The van der Waals surface area contributed by atoms with E-state index < -0.39 is 0 Å². The molecule has 0 aromatic carbocycles. The molecule has 4 rings (SSSR count). The highest BCUT2D eigenvalue weighted by Crippen LogP contribution is 2.55. The van der Waals surface area contributed by atoms with Crippen LogP contribution in [0.4, 0.5) is 0 Å². The van der Waals surface area contributed by atoms with E-state index in [1.165, 1.54) is 38.5 Å². The average molecular weight is 306 g/mol. The van der Waals surface area contributed by atoms with Gasteiger partial charge in [-0.2, -0.15) is 0 Å². The van der Waals surface area contributed by atoms with E-state index in [0.29, 0.717) is 29.6 Å². The first-order valence-corrected chi connectivity index (χ1v) is 9.71. The second-order valence-corrected chi connectivity index (χ2v) is 9.69. The summed E-state index contributed by atoms with van der Waals surface area (Å²) in [6.07, 6.45) is 9.85. The number of rotatable bonds is 4. The molecule has 0 N–H and O–H groups in total. The molecule has 7 unspecified atom stereocenters. The lowest BCUT2D eigenvalue weighted by atomic mass is 9.62. The van der Waals surface area contributed by atoms with Crippen molar-refractivity contribution in [3.05, 3.63) is 0 Å². The van der Waals surface area contributed by atoms with Gasteiger partial charge in [0, 0.05) is 6.61 Å². The largest absolute Gasteiger partial charge is 0.378 e. The van der Waals surface area contributed by atoms with Gasteiger partial charge in [0.2, 0.25) is 0 Å². The van der Waals surface area contributed by atoms with Crippen molar-refractivity contribution in [2.75, 3.05) is 6.61 Å². The summed E-state index contributed by atoms with van der Waals surface area (Å²) < 4.78 is 12.3. The summed E-state index contributed by atoms with van der Waals surface area (Å²) >= 11 is 0. The van der Waals surface area contributed by atoms with Gasteiger partial charge in [0.05, 0.1) is 18.3 Å². The first kappa shape index (κ1) is 15.4. The van der Waals surface area contributed by atoms with E-state index in [2.05, 4.69) is 27.7 Å². The third kappa shape index (κ3) is 2.55. The summed E-state index contributed by atoms with van der Waals surface area (Å²) in [6.45, 7) is 10.7. The van der Waals surface area contributed by atoms with Gasteiger partial charge in [-0.1, -0.05) is 27.7 Å². The number of fused-ring (bicyclic) bond motifs is 2. The second kappa shape index (κ2) is 5.48. The van der Waals surface area contributed by atoms with Crippen LogP contribution in [0.25, 0.3) is 0 Å². The van der Waals surface area contributed by atoms with Crippen LogP contribution in [0.5, 0.6) is 0 Å². The lowest BCUT2D eigenvalue weighted by Gasteiger charge is -2.45. The van der Waals surface area contributed by atoms with E-state index in [1.807, 2.05) is 0 Å². The number of ether oxygens (including phenoxy) is 2. The maximum absolute atomic E-state index is 6.39. The van der Waals surface area contributed by atoms with Crippen molar-refractivity contribution in [3.63, 3.8) is 0 Å². The van der Waals surface area contributed by atoms with Gasteiger partial charge in [0.15, 0.2) is 0 Å². The molecule has 2 nitrogen and oxygen atoms in total. The third-order valence-corrected chi connectivity index (χ3v) is 7.49. The quantitative estimate of drug-likeness (QED) is 0.751. The summed E-state index contributed by atoms with van der Waals surface area (Å²) in [7, 11) is 0. The minimum atomic E-state index is 0.461. The summed E-state index contributed by atoms with van der Waals surface area (Å²) in [5, 5.41) is 0. The van der Waals surface area contributed by atoms with E-state index in [9.17, 15) is 0 Å². The van der Waals surface area contributed by atoms with Crippen molar-refractivity contribution in [2.45, 2.75) is 84.5 Å². The fourth-order valence-electron chi connectivity index (χ4n) is 5.93. The second-order valence-electron chi connectivity index (χ2n) is 9.69. The van der Waals surface area contributed by atoms with Crippen LogP contribution in [0.2, 0.25) is 0 Å². The number of hydrogen-bond acceptors (Lipinski definition) is 2. The molecule has 2 aliphatic heterocycles. The molecule has 7 atom stereocenters. The Morgan fingerprint density at radius 1 is 1.05 bits per heavy atom. The minimum absolute atomic E-state index is 0.461. The van der Waals surface area contributed by atoms with Crippen molar-refractivity contribution in [1.82, 2.24) is 0 Å². The smallest absolute Gasteiger partial charge is 0.0636 e. The molecule has 126 valence electrons. The molecule has 2 heterocycles. The lowest BCUT2D eigenvalue weighted by molar-refractivity contribution is -0.0806. The molecule has 2 saturated heterocycles. The topological polar surface area (TPSA) is 18.5 Å². The third-order valence-electron chi connectivity index (χ3n) is 7.49. The van der Waals surface area contributed by atoms with Crippen LogP contribution in [-0.4, -0.2) is 24.9 Å². The molecule has 2 heteroatoms. The van der Waals surface area contributed by atoms with Crippen molar-refractivity contribution < 1.29 is 9.47 Å². The Bertz CT molecular complexity index is 404. The van der Waals surface area contributed by atoms with E-state index in [4.69, 9.17) is 9.47 Å². The van der Waals surface area contributed by atoms with Crippen LogP contribution in [0.3, 0.4) is 0 Å². The summed E-state index contributed by atoms with van der Waals surface area (Å²) in [5.74, 6) is 4.12. The maximum Gasteiger partial charge on any atom is 0.0636 e. The van der Waals surface area contributed by atoms with E-state index in [1.54, 1.807) is 0 Å². The van der Waals surface area contributed by atoms with Crippen LogP contribution in [0.1, 0.15) is 66.2 Å². The molecule has 0 amide bonds. The van der Waals surface area contributed by atoms with Crippen LogP contribution in [0.15, 0.2) is 0 Å². The van der Waals surface area contributed by atoms with E-state index >= 15 is 0 Å². The molecule has 4 fully saturated rings. The Labute approximate surface area is 136 Å². The zero-order valence-electron chi connectivity index (χ0n) is 14.9. The van der Waals surface area contributed by atoms with Crippen LogP contribution in [0, 0.1) is 35.0 Å². The van der Waals surface area contributed by atoms with Crippen LogP contribution in [-0.2, 0) is 9.47 Å². The molecule has 2 saturated carbocycles. The predicted octanol–water partition coefficient (Wildman–Crippen LogP) is 4.67.